The van der Waals surface area contributed by atoms with Crippen molar-refractivity contribution in [3.05, 3.63) is 15.6 Å². The Labute approximate surface area is 120 Å². The fraction of sp³-hybridized carbons (Fsp3) is 0.800. The Morgan fingerprint density at radius 1 is 1.47 bits per heavy atom. The first kappa shape index (κ1) is 14.9. The fourth-order valence-corrected chi connectivity index (χ4v) is 3.69. The number of nitrogens with one attached hydrogen (secondary N) is 1. The van der Waals surface area contributed by atoms with Gasteiger partial charge in [-0.25, -0.2) is 4.98 Å². The van der Waals surface area contributed by atoms with E-state index in [9.17, 15) is 0 Å². The van der Waals surface area contributed by atoms with Crippen molar-refractivity contribution in [2.24, 2.45) is 5.92 Å². The van der Waals surface area contributed by atoms with Gasteiger partial charge in [0.1, 0.15) is 5.01 Å². The number of aryl methyl sites for hydroxylation is 2. The molecule has 3 nitrogen and oxygen atoms in total. The van der Waals surface area contributed by atoms with Crippen LogP contribution in [0.4, 0.5) is 0 Å². The molecule has 0 aliphatic heterocycles. The Bertz CT molecular complexity index is 414. The van der Waals surface area contributed by atoms with E-state index in [1.165, 1.54) is 34.8 Å². The van der Waals surface area contributed by atoms with E-state index in [1.54, 1.807) is 7.11 Å². The van der Waals surface area contributed by atoms with Crippen LogP contribution in [-0.2, 0) is 16.7 Å². The van der Waals surface area contributed by atoms with Crippen LogP contribution in [0.3, 0.4) is 0 Å². The van der Waals surface area contributed by atoms with Crippen molar-refractivity contribution in [2.75, 3.05) is 20.3 Å². The zero-order valence-electron chi connectivity index (χ0n) is 12.6. The fourth-order valence-electron chi connectivity index (χ4n) is 2.56. The molecule has 1 N–H and O–H groups in total. The van der Waals surface area contributed by atoms with E-state index in [0.29, 0.717) is 0 Å². The van der Waals surface area contributed by atoms with E-state index in [1.807, 2.05) is 11.3 Å². The van der Waals surface area contributed by atoms with Crippen LogP contribution in [0.25, 0.3) is 0 Å². The SMILES string of the molecule is CCc1nc(C(C)(CC2CC2)NCCOC)sc1C. The summed E-state index contributed by atoms with van der Waals surface area (Å²) in [4.78, 5) is 6.24. The molecule has 1 aromatic heterocycles. The third-order valence-corrected chi connectivity index (χ3v) is 5.19. The predicted molar refractivity (Wildman–Crippen MR) is 80.8 cm³/mol. The van der Waals surface area contributed by atoms with E-state index >= 15 is 0 Å². The number of hydrogen-bond acceptors (Lipinski definition) is 4. The summed E-state index contributed by atoms with van der Waals surface area (Å²) in [5.41, 5.74) is 1.28. The van der Waals surface area contributed by atoms with Gasteiger partial charge in [-0.3, -0.25) is 0 Å². The lowest BCUT2D eigenvalue weighted by Crippen LogP contribution is -2.41. The van der Waals surface area contributed by atoms with Crippen molar-refractivity contribution < 1.29 is 4.74 Å². The van der Waals surface area contributed by atoms with Crippen molar-refractivity contribution in [3.8, 4) is 0 Å². The first-order chi connectivity index (χ1) is 9.09. The van der Waals surface area contributed by atoms with Gasteiger partial charge in [-0.15, -0.1) is 11.3 Å². The smallest absolute Gasteiger partial charge is 0.113 e. The van der Waals surface area contributed by atoms with Gasteiger partial charge in [-0.2, -0.15) is 0 Å². The summed E-state index contributed by atoms with van der Waals surface area (Å²) in [7, 11) is 1.75. The molecule has 2 rings (SSSR count). The quantitative estimate of drug-likeness (QED) is 0.743. The van der Waals surface area contributed by atoms with E-state index in [-0.39, 0.29) is 5.54 Å². The number of nitrogens with zero attached hydrogens (tertiary/aromatic N) is 1. The first-order valence-corrected chi connectivity index (χ1v) is 8.11. The second-order valence-corrected chi connectivity index (χ2v) is 6.98. The molecule has 1 aliphatic carbocycles. The van der Waals surface area contributed by atoms with Crippen molar-refractivity contribution in [3.63, 3.8) is 0 Å². The highest BCUT2D eigenvalue weighted by atomic mass is 32.1. The maximum Gasteiger partial charge on any atom is 0.113 e. The van der Waals surface area contributed by atoms with Crippen LogP contribution in [0.1, 0.15) is 48.7 Å². The maximum absolute atomic E-state index is 5.16. The average Bonchev–Trinajstić information content (AvgIpc) is 3.09. The molecular weight excluding hydrogens is 256 g/mol. The molecule has 0 saturated heterocycles. The van der Waals surface area contributed by atoms with E-state index in [2.05, 4.69) is 26.1 Å². The number of thiazole rings is 1. The zero-order chi connectivity index (χ0) is 13.9. The molecule has 1 aliphatic rings. The molecule has 1 atom stereocenters. The molecule has 0 spiro atoms. The molecule has 0 aromatic carbocycles. The molecule has 4 heteroatoms. The van der Waals surface area contributed by atoms with Gasteiger partial charge >= 0.3 is 0 Å². The van der Waals surface area contributed by atoms with Gasteiger partial charge in [0.25, 0.3) is 0 Å². The molecular formula is C15H26N2OS. The Kier molecular flexibility index (Phi) is 4.98. The van der Waals surface area contributed by atoms with Crippen LogP contribution in [0, 0.1) is 12.8 Å². The highest BCUT2D eigenvalue weighted by molar-refractivity contribution is 7.11. The summed E-state index contributed by atoms with van der Waals surface area (Å²) in [6.07, 6.45) is 4.99. The largest absolute Gasteiger partial charge is 0.383 e. The Morgan fingerprint density at radius 3 is 2.74 bits per heavy atom. The van der Waals surface area contributed by atoms with Gasteiger partial charge in [0.05, 0.1) is 17.8 Å². The van der Waals surface area contributed by atoms with E-state index < -0.39 is 0 Å². The molecule has 1 unspecified atom stereocenters. The predicted octanol–water partition coefficient (Wildman–Crippen LogP) is 3.27. The number of methoxy groups -OCH3 is 1. The Hall–Kier alpha value is -0.450. The standard InChI is InChI=1S/C15H26N2OS/c1-5-13-11(2)19-14(17-13)15(3,10-12-6-7-12)16-8-9-18-4/h12,16H,5-10H2,1-4H3. The molecule has 0 radical (unpaired) electrons. The normalized spacial score (nSPS) is 18.5. The molecule has 0 bridgehead atoms. The van der Waals surface area contributed by atoms with Crippen LogP contribution < -0.4 is 5.32 Å². The minimum absolute atomic E-state index is 0.0164. The van der Waals surface area contributed by atoms with Crippen molar-refractivity contribution >= 4 is 11.3 Å². The van der Waals surface area contributed by atoms with Gasteiger partial charge in [0.15, 0.2) is 0 Å². The van der Waals surface area contributed by atoms with Gasteiger partial charge in [-0.1, -0.05) is 19.8 Å². The van der Waals surface area contributed by atoms with Crippen molar-refractivity contribution in [1.29, 1.82) is 0 Å². The second-order valence-electron chi connectivity index (χ2n) is 5.77. The van der Waals surface area contributed by atoms with Gasteiger partial charge < -0.3 is 10.1 Å². The molecule has 1 fully saturated rings. The van der Waals surface area contributed by atoms with Crippen molar-refractivity contribution in [2.45, 2.75) is 52.0 Å². The summed E-state index contributed by atoms with van der Waals surface area (Å²) < 4.78 is 5.16. The van der Waals surface area contributed by atoms with Crippen LogP contribution in [0.15, 0.2) is 0 Å². The lowest BCUT2D eigenvalue weighted by atomic mass is 9.95. The highest BCUT2D eigenvalue weighted by Crippen LogP contribution is 2.42. The van der Waals surface area contributed by atoms with E-state index in [4.69, 9.17) is 9.72 Å². The highest BCUT2D eigenvalue weighted by Gasteiger charge is 2.36. The lowest BCUT2D eigenvalue weighted by molar-refractivity contribution is 0.182. The van der Waals surface area contributed by atoms with Gasteiger partial charge in [0.2, 0.25) is 0 Å². The van der Waals surface area contributed by atoms with Gasteiger partial charge in [0, 0.05) is 18.5 Å². The minimum Gasteiger partial charge on any atom is -0.383 e. The summed E-state index contributed by atoms with van der Waals surface area (Å²) in [6, 6.07) is 0. The molecule has 1 heterocycles. The summed E-state index contributed by atoms with van der Waals surface area (Å²) >= 11 is 1.86. The second kappa shape index (κ2) is 6.33. The number of aromatic nitrogens is 1. The monoisotopic (exact) mass is 282 g/mol. The number of hydrogen-bond donors (Lipinski definition) is 1. The lowest BCUT2D eigenvalue weighted by Gasteiger charge is -2.29. The van der Waals surface area contributed by atoms with Crippen LogP contribution in [0.2, 0.25) is 0 Å². The van der Waals surface area contributed by atoms with Crippen molar-refractivity contribution in [1.82, 2.24) is 10.3 Å². The molecule has 0 amide bonds. The van der Waals surface area contributed by atoms with Crippen LogP contribution >= 0.6 is 11.3 Å². The van der Waals surface area contributed by atoms with E-state index in [0.717, 1.165) is 25.5 Å². The van der Waals surface area contributed by atoms with Crippen LogP contribution in [-0.4, -0.2) is 25.2 Å². The van der Waals surface area contributed by atoms with Gasteiger partial charge in [-0.05, 0) is 32.6 Å². The summed E-state index contributed by atoms with van der Waals surface area (Å²) in [5.74, 6) is 0.884. The maximum atomic E-state index is 5.16. The number of ether oxygens (including phenoxy) is 1. The molecule has 1 saturated carbocycles. The minimum atomic E-state index is 0.0164. The molecule has 1 aromatic rings. The topological polar surface area (TPSA) is 34.2 Å². The third kappa shape index (κ3) is 3.77. The molecule has 108 valence electrons. The number of rotatable bonds is 8. The Balaban J connectivity index is 2.13. The summed E-state index contributed by atoms with van der Waals surface area (Å²) in [6.45, 7) is 8.32. The third-order valence-electron chi connectivity index (χ3n) is 3.91. The summed E-state index contributed by atoms with van der Waals surface area (Å²) in [5, 5.41) is 4.93. The van der Waals surface area contributed by atoms with Crippen LogP contribution in [0.5, 0.6) is 0 Å². The zero-order valence-corrected chi connectivity index (χ0v) is 13.4. The Morgan fingerprint density at radius 2 is 2.21 bits per heavy atom. The average molecular weight is 282 g/mol. The molecule has 19 heavy (non-hydrogen) atoms. The first-order valence-electron chi connectivity index (χ1n) is 7.29.